The van der Waals surface area contributed by atoms with Crippen molar-refractivity contribution < 1.29 is 18.3 Å². The summed E-state index contributed by atoms with van der Waals surface area (Å²) in [5, 5.41) is 3.31. The third kappa shape index (κ3) is 5.37. The fraction of sp³-hybridized carbons (Fsp3) is 0.261. The van der Waals surface area contributed by atoms with Crippen molar-refractivity contribution in [3.05, 3.63) is 84.1 Å². The zero-order chi connectivity index (χ0) is 21.6. The number of nitrogens with one attached hydrogen (secondary N) is 3. The monoisotopic (exact) mass is 426 g/mol. The summed E-state index contributed by atoms with van der Waals surface area (Å²) >= 11 is 0. The van der Waals surface area contributed by atoms with Gasteiger partial charge in [-0.15, -0.1) is 0 Å². The van der Waals surface area contributed by atoms with Gasteiger partial charge < -0.3 is 4.90 Å². The van der Waals surface area contributed by atoms with Gasteiger partial charge in [-0.2, -0.15) is 0 Å². The molecule has 0 radical (unpaired) electrons. The van der Waals surface area contributed by atoms with Gasteiger partial charge in [0.2, 0.25) is 0 Å². The van der Waals surface area contributed by atoms with Crippen LogP contribution in [-0.4, -0.2) is 29.1 Å². The van der Waals surface area contributed by atoms with Crippen LogP contribution in [0.5, 0.6) is 0 Å². The molecule has 3 aromatic rings. The number of pyridine rings is 1. The summed E-state index contributed by atoms with van der Waals surface area (Å²) in [7, 11) is 0.637. The van der Waals surface area contributed by atoms with Crippen molar-refractivity contribution >= 4 is 21.5 Å². The number of para-hydroxylation sites is 1. The van der Waals surface area contributed by atoms with Gasteiger partial charge in [-0.05, 0) is 30.7 Å². The second kappa shape index (κ2) is 9.73. The molecule has 0 aliphatic rings. The minimum absolute atomic E-state index is 0.231. The molecule has 0 saturated carbocycles. The second-order valence-electron chi connectivity index (χ2n) is 7.50. The van der Waals surface area contributed by atoms with Gasteiger partial charge in [0.05, 0.1) is 19.8 Å². The van der Waals surface area contributed by atoms with E-state index in [1.54, 1.807) is 24.3 Å². The Bertz CT molecular complexity index is 1030. The standard InChI is InChI=1S/C23H28N4O2S/c1-4-27(21-8-6-5-7-9-21)30(28,29)22-14-15-23(25-17-22)24-16-19-10-12-20(13-11-19)18-26(2)3/h5-15,17H,4,16,18H2,1-3H3,(H,24,25)/p+2. The number of quaternary nitrogens is 1. The summed E-state index contributed by atoms with van der Waals surface area (Å²) in [6.07, 6.45) is 1.53. The highest BCUT2D eigenvalue weighted by molar-refractivity contribution is 7.92. The molecular weight excluding hydrogens is 396 g/mol. The molecule has 7 heteroatoms. The summed E-state index contributed by atoms with van der Waals surface area (Å²) in [5.41, 5.74) is 3.12. The second-order valence-corrected chi connectivity index (χ2v) is 9.36. The summed E-state index contributed by atoms with van der Waals surface area (Å²) in [6.45, 7) is 3.84. The quantitative estimate of drug-likeness (QED) is 0.550. The number of aromatic nitrogens is 1. The van der Waals surface area contributed by atoms with Crippen LogP contribution in [0.25, 0.3) is 0 Å². The Kier molecular flexibility index (Phi) is 7.07. The Morgan fingerprint density at radius 1 is 0.933 bits per heavy atom. The molecule has 0 amide bonds. The van der Waals surface area contributed by atoms with Gasteiger partial charge in [-0.3, -0.25) is 9.62 Å². The molecule has 158 valence electrons. The van der Waals surface area contributed by atoms with E-state index in [9.17, 15) is 8.42 Å². The third-order valence-corrected chi connectivity index (χ3v) is 6.67. The van der Waals surface area contributed by atoms with Crippen molar-refractivity contribution in [3.63, 3.8) is 0 Å². The Labute approximate surface area is 179 Å². The first-order chi connectivity index (χ1) is 14.4. The molecule has 30 heavy (non-hydrogen) atoms. The molecule has 0 unspecified atom stereocenters. The lowest BCUT2D eigenvalue weighted by atomic mass is 10.1. The fourth-order valence-corrected chi connectivity index (χ4v) is 4.72. The smallest absolute Gasteiger partial charge is 0.272 e. The predicted molar refractivity (Wildman–Crippen MR) is 120 cm³/mol. The number of hydrogen-bond acceptors (Lipinski definition) is 3. The number of nitrogens with zero attached hydrogens (tertiary/aromatic N) is 1. The van der Waals surface area contributed by atoms with Crippen molar-refractivity contribution in [2.45, 2.75) is 24.9 Å². The third-order valence-electron chi connectivity index (χ3n) is 4.77. The topological polar surface area (TPSA) is 68.0 Å². The van der Waals surface area contributed by atoms with E-state index in [4.69, 9.17) is 0 Å². The van der Waals surface area contributed by atoms with E-state index in [0.717, 1.165) is 12.4 Å². The van der Waals surface area contributed by atoms with Crippen LogP contribution >= 0.6 is 0 Å². The van der Waals surface area contributed by atoms with Gasteiger partial charge in [0.15, 0.2) is 0 Å². The van der Waals surface area contributed by atoms with Crippen molar-refractivity contribution in [2.24, 2.45) is 0 Å². The zero-order valence-corrected chi connectivity index (χ0v) is 18.5. The Morgan fingerprint density at radius 3 is 2.17 bits per heavy atom. The minimum Gasteiger partial charge on any atom is -0.336 e. The SMILES string of the molecule is CCN(c1ccccc1)S(=O)(=O)c1ccc(NCc2ccc(C[NH+](C)C)cc2)[nH+]c1. The maximum Gasteiger partial charge on any atom is 0.272 e. The van der Waals surface area contributed by atoms with Gasteiger partial charge in [0, 0.05) is 18.2 Å². The first-order valence-electron chi connectivity index (χ1n) is 10.1. The van der Waals surface area contributed by atoms with Crippen LogP contribution < -0.4 is 19.5 Å². The summed E-state index contributed by atoms with van der Waals surface area (Å²) in [4.78, 5) is 4.68. The first kappa shape index (κ1) is 21.8. The molecule has 0 saturated heterocycles. The molecule has 3 rings (SSSR count). The predicted octanol–water partition coefficient (Wildman–Crippen LogP) is 1.97. The fourth-order valence-electron chi connectivity index (χ4n) is 3.27. The van der Waals surface area contributed by atoms with Gasteiger partial charge in [-0.1, -0.05) is 42.5 Å². The Hall–Kier alpha value is -2.90. The lowest BCUT2D eigenvalue weighted by Crippen LogP contribution is -3.04. The van der Waals surface area contributed by atoms with Gasteiger partial charge >= 0.3 is 0 Å². The van der Waals surface area contributed by atoms with Crippen molar-refractivity contribution in [1.29, 1.82) is 0 Å². The molecule has 0 aliphatic heterocycles. The summed E-state index contributed by atoms with van der Waals surface area (Å²) in [6, 6.07) is 21.0. The van der Waals surface area contributed by atoms with E-state index < -0.39 is 10.0 Å². The molecule has 3 N–H and O–H groups in total. The molecule has 0 fully saturated rings. The van der Waals surface area contributed by atoms with Crippen molar-refractivity contribution in [3.8, 4) is 0 Å². The average molecular weight is 427 g/mol. The molecule has 1 aromatic heterocycles. The minimum atomic E-state index is -3.63. The number of aromatic amines is 1. The Balaban J connectivity index is 1.67. The lowest BCUT2D eigenvalue weighted by molar-refractivity contribution is -0.872. The zero-order valence-electron chi connectivity index (χ0n) is 17.7. The van der Waals surface area contributed by atoms with E-state index in [-0.39, 0.29) is 4.90 Å². The molecule has 0 atom stereocenters. The van der Waals surface area contributed by atoms with Gasteiger partial charge in [-0.25, -0.2) is 13.4 Å². The van der Waals surface area contributed by atoms with Crippen LogP contribution in [0.1, 0.15) is 18.1 Å². The van der Waals surface area contributed by atoms with Crippen molar-refractivity contribution in [2.75, 3.05) is 30.3 Å². The average Bonchev–Trinajstić information content (AvgIpc) is 2.74. The van der Waals surface area contributed by atoms with E-state index >= 15 is 0 Å². The number of H-pyrrole nitrogens is 1. The maximum atomic E-state index is 13.0. The van der Waals surface area contributed by atoms with E-state index in [2.05, 4.69) is 48.7 Å². The number of benzene rings is 2. The van der Waals surface area contributed by atoms with Gasteiger partial charge in [0.25, 0.3) is 15.8 Å². The molecule has 0 bridgehead atoms. The highest BCUT2D eigenvalue weighted by Crippen LogP contribution is 2.22. The van der Waals surface area contributed by atoms with Crippen LogP contribution in [0.2, 0.25) is 0 Å². The molecule has 0 aliphatic carbocycles. The van der Waals surface area contributed by atoms with Crippen LogP contribution in [0.4, 0.5) is 11.5 Å². The number of rotatable bonds is 9. The molecular formula is C23H30N4O2S+2. The molecule has 6 nitrogen and oxygen atoms in total. The van der Waals surface area contributed by atoms with Crippen molar-refractivity contribution in [1.82, 2.24) is 0 Å². The molecule has 1 heterocycles. The molecule has 0 spiro atoms. The van der Waals surface area contributed by atoms with Gasteiger partial charge in [0.1, 0.15) is 24.2 Å². The summed E-state index contributed by atoms with van der Waals surface area (Å²) in [5.74, 6) is 0.763. The van der Waals surface area contributed by atoms with Crippen LogP contribution in [0.3, 0.4) is 0 Å². The maximum absolute atomic E-state index is 13.0. The lowest BCUT2D eigenvalue weighted by Gasteiger charge is -2.22. The van der Waals surface area contributed by atoms with E-state index in [1.165, 1.54) is 26.5 Å². The first-order valence-corrected chi connectivity index (χ1v) is 11.5. The van der Waals surface area contributed by atoms with Crippen LogP contribution in [-0.2, 0) is 23.1 Å². The van der Waals surface area contributed by atoms with E-state index in [1.807, 2.05) is 25.1 Å². The highest BCUT2D eigenvalue weighted by atomic mass is 32.2. The largest absolute Gasteiger partial charge is 0.336 e. The number of anilines is 2. The number of sulfonamides is 1. The molecule has 2 aromatic carbocycles. The highest BCUT2D eigenvalue weighted by Gasteiger charge is 2.24. The van der Waals surface area contributed by atoms with Crippen LogP contribution in [0.15, 0.2) is 77.8 Å². The number of hydrogen-bond donors (Lipinski definition) is 2. The van der Waals surface area contributed by atoms with Crippen LogP contribution in [0, 0.1) is 0 Å². The van der Waals surface area contributed by atoms with E-state index in [0.29, 0.717) is 18.8 Å². The Morgan fingerprint density at radius 2 is 1.60 bits per heavy atom. The normalized spacial score (nSPS) is 11.5. The summed E-state index contributed by atoms with van der Waals surface area (Å²) < 4.78 is 27.5.